The molecule has 0 saturated carbocycles. The van der Waals surface area contributed by atoms with Crippen LogP contribution in [0.15, 0.2) is 12.1 Å². The molecule has 1 aromatic rings. The lowest BCUT2D eigenvalue weighted by atomic mass is 10.2. The zero-order valence-corrected chi connectivity index (χ0v) is 6.88. The molecule has 0 aliphatic heterocycles. The monoisotopic (exact) mass is 187 g/mol. The number of hydrogen-bond acceptors (Lipinski definition) is 3. The highest BCUT2D eigenvalue weighted by atomic mass is 19.3. The van der Waals surface area contributed by atoms with Crippen molar-refractivity contribution >= 4 is 5.97 Å². The summed E-state index contributed by atoms with van der Waals surface area (Å²) in [6, 6.07) is 2.58. The molecule has 1 aromatic heterocycles. The molecule has 0 radical (unpaired) electrons. The Bertz CT molecular complexity index is 328. The van der Waals surface area contributed by atoms with Gasteiger partial charge in [-0.15, -0.1) is 0 Å². The van der Waals surface area contributed by atoms with Crippen molar-refractivity contribution in [3.05, 3.63) is 29.3 Å². The molecule has 0 spiro atoms. The van der Waals surface area contributed by atoms with Gasteiger partial charge in [-0.25, -0.2) is 14.7 Å². The van der Waals surface area contributed by atoms with Crippen LogP contribution in [0.25, 0.3) is 0 Å². The van der Waals surface area contributed by atoms with Gasteiger partial charge >= 0.3 is 5.97 Å². The molecule has 0 fully saturated rings. The van der Waals surface area contributed by atoms with Crippen molar-refractivity contribution in [2.45, 2.75) is 13.3 Å². The molecule has 0 aliphatic carbocycles. The highest BCUT2D eigenvalue weighted by Crippen LogP contribution is 2.08. The number of halogens is 2. The van der Waals surface area contributed by atoms with Crippen LogP contribution in [-0.2, 0) is 11.4 Å². The minimum absolute atomic E-state index is 0.493. The first-order valence-corrected chi connectivity index (χ1v) is 3.67. The van der Waals surface area contributed by atoms with E-state index in [4.69, 9.17) is 0 Å². The van der Waals surface area contributed by atoms with Crippen LogP contribution in [0.4, 0.5) is 8.92 Å². The molecule has 0 saturated heterocycles. The Morgan fingerprint density at radius 2 is 2.31 bits per heavy atom. The van der Waals surface area contributed by atoms with Gasteiger partial charge in [0.15, 0.2) is 0 Å². The molecule has 1 rings (SSSR count). The van der Waals surface area contributed by atoms with Gasteiger partial charge in [0.1, 0.15) is 5.56 Å². The van der Waals surface area contributed by atoms with Crippen LogP contribution < -0.4 is 0 Å². The first-order valence-electron chi connectivity index (χ1n) is 3.67. The summed E-state index contributed by atoms with van der Waals surface area (Å²) in [7, 11) is 0. The maximum Gasteiger partial charge on any atom is 0.384 e. The number of rotatable bonds is 2. The largest absolute Gasteiger partial charge is 0.384 e. The van der Waals surface area contributed by atoms with E-state index in [0.717, 1.165) is 6.07 Å². The summed E-state index contributed by atoms with van der Waals surface area (Å²) in [6.07, 6.45) is 0.544. The van der Waals surface area contributed by atoms with Crippen molar-refractivity contribution in [2.75, 3.05) is 0 Å². The Balaban J connectivity index is 3.05. The van der Waals surface area contributed by atoms with Crippen LogP contribution in [-0.4, -0.2) is 11.0 Å². The van der Waals surface area contributed by atoms with Crippen molar-refractivity contribution in [3.63, 3.8) is 0 Å². The second kappa shape index (κ2) is 3.93. The number of aryl methyl sites for hydroxylation is 1. The van der Waals surface area contributed by atoms with Crippen LogP contribution in [0.1, 0.15) is 23.0 Å². The molecule has 0 bridgehead atoms. The molecule has 5 heteroatoms. The van der Waals surface area contributed by atoms with Crippen molar-refractivity contribution < 1.29 is 18.7 Å². The van der Waals surface area contributed by atoms with Crippen molar-refractivity contribution in [3.8, 4) is 0 Å². The molecule has 3 nitrogen and oxygen atoms in total. The molecule has 0 N–H and O–H groups in total. The lowest BCUT2D eigenvalue weighted by Crippen LogP contribution is -2.05. The summed E-state index contributed by atoms with van der Waals surface area (Å²) in [4.78, 5) is 16.9. The predicted octanol–water partition coefficient (Wildman–Crippen LogP) is 1.82. The van der Waals surface area contributed by atoms with E-state index in [1.54, 1.807) is 6.92 Å². The van der Waals surface area contributed by atoms with Gasteiger partial charge in [-0.3, -0.25) is 0 Å². The summed E-state index contributed by atoms with van der Waals surface area (Å²) in [5.41, 5.74) is -0.00684. The molecule has 0 unspecified atom stereocenters. The lowest BCUT2D eigenvalue weighted by Gasteiger charge is -1.99. The Morgan fingerprint density at radius 1 is 1.62 bits per heavy atom. The minimum atomic E-state index is -1.37. The number of carbonyl (C=O) groups is 1. The maximum absolute atomic E-state index is 12.9. The topological polar surface area (TPSA) is 39.2 Å². The third kappa shape index (κ3) is 1.99. The van der Waals surface area contributed by atoms with Gasteiger partial charge in [0.2, 0.25) is 5.95 Å². The number of pyridine rings is 1. The van der Waals surface area contributed by atoms with Gasteiger partial charge in [-0.05, 0) is 18.6 Å². The van der Waals surface area contributed by atoms with Crippen LogP contribution in [0.5, 0.6) is 0 Å². The molecular weight excluding hydrogens is 180 g/mol. The fourth-order valence-electron chi connectivity index (χ4n) is 0.863. The normalized spacial score (nSPS) is 9.77. The van der Waals surface area contributed by atoms with Gasteiger partial charge in [-0.2, -0.15) is 4.39 Å². The molecule has 1 heterocycles. The van der Waals surface area contributed by atoms with E-state index in [9.17, 15) is 13.7 Å². The molecular formula is C8H7F2NO2. The number of aromatic nitrogens is 1. The molecule has 0 aromatic carbocycles. The fraction of sp³-hybridized carbons (Fsp3) is 0.250. The Labute approximate surface area is 73.3 Å². The SMILES string of the molecule is CCc1ccc(C(=O)OF)c(F)n1. The number of carbonyl (C=O) groups excluding carboxylic acids is 1. The highest BCUT2D eigenvalue weighted by Gasteiger charge is 2.15. The van der Waals surface area contributed by atoms with E-state index in [2.05, 4.69) is 9.93 Å². The Hall–Kier alpha value is -1.52. The average molecular weight is 187 g/mol. The van der Waals surface area contributed by atoms with Crippen molar-refractivity contribution in [2.24, 2.45) is 0 Å². The summed E-state index contributed by atoms with van der Waals surface area (Å²) in [5.74, 6) is -2.38. The van der Waals surface area contributed by atoms with E-state index in [-0.39, 0.29) is 0 Å². The minimum Gasteiger partial charge on any atom is -0.249 e. The van der Waals surface area contributed by atoms with Crippen molar-refractivity contribution in [1.29, 1.82) is 0 Å². The Morgan fingerprint density at radius 3 is 2.77 bits per heavy atom. The van der Waals surface area contributed by atoms with E-state index in [1.807, 2.05) is 0 Å². The van der Waals surface area contributed by atoms with Crippen LogP contribution in [0.3, 0.4) is 0 Å². The zero-order chi connectivity index (χ0) is 9.84. The van der Waals surface area contributed by atoms with E-state index >= 15 is 0 Å². The Kier molecular flexibility index (Phi) is 2.89. The van der Waals surface area contributed by atoms with Gasteiger partial charge < -0.3 is 0 Å². The lowest BCUT2D eigenvalue weighted by molar-refractivity contribution is -0.0792. The summed E-state index contributed by atoms with van der Waals surface area (Å²) in [6.45, 7) is 1.79. The van der Waals surface area contributed by atoms with Crippen LogP contribution in [0.2, 0.25) is 0 Å². The van der Waals surface area contributed by atoms with Crippen LogP contribution >= 0.6 is 0 Å². The van der Waals surface area contributed by atoms with Gasteiger partial charge in [-0.1, -0.05) is 6.92 Å². The standard InChI is InChI=1S/C8H7F2NO2/c1-2-5-3-4-6(7(9)11-5)8(12)13-10/h3-4H,2H2,1H3. The van der Waals surface area contributed by atoms with E-state index in [0.29, 0.717) is 12.1 Å². The van der Waals surface area contributed by atoms with E-state index in [1.165, 1.54) is 6.07 Å². The zero-order valence-electron chi connectivity index (χ0n) is 6.88. The van der Waals surface area contributed by atoms with Gasteiger partial charge in [0.05, 0.1) is 0 Å². The summed E-state index contributed by atoms with van der Waals surface area (Å²) >= 11 is 0. The average Bonchev–Trinajstić information content (AvgIpc) is 2.16. The van der Waals surface area contributed by atoms with Gasteiger partial charge in [0.25, 0.3) is 0 Å². The second-order valence-corrected chi connectivity index (χ2v) is 2.36. The molecule has 0 atom stereocenters. The highest BCUT2D eigenvalue weighted by molar-refractivity contribution is 5.88. The fourth-order valence-corrected chi connectivity index (χ4v) is 0.863. The smallest absolute Gasteiger partial charge is 0.249 e. The quantitative estimate of drug-likeness (QED) is 0.663. The summed E-state index contributed by atoms with van der Waals surface area (Å²) in [5, 5.41) is 0. The third-order valence-corrected chi connectivity index (χ3v) is 1.56. The first-order chi connectivity index (χ1) is 6.19. The first kappa shape index (κ1) is 9.57. The second-order valence-electron chi connectivity index (χ2n) is 2.36. The van der Waals surface area contributed by atoms with Crippen LogP contribution in [0, 0.1) is 5.95 Å². The molecule has 0 aliphatic rings. The van der Waals surface area contributed by atoms with E-state index < -0.39 is 17.5 Å². The maximum atomic E-state index is 12.9. The summed E-state index contributed by atoms with van der Waals surface area (Å²) < 4.78 is 24.3. The number of nitrogens with zero attached hydrogens (tertiary/aromatic N) is 1. The molecule has 70 valence electrons. The molecule has 0 amide bonds. The predicted molar refractivity (Wildman–Crippen MR) is 40.1 cm³/mol. The van der Waals surface area contributed by atoms with Crippen molar-refractivity contribution in [1.82, 2.24) is 4.98 Å². The third-order valence-electron chi connectivity index (χ3n) is 1.56. The van der Waals surface area contributed by atoms with Gasteiger partial charge in [0, 0.05) is 10.2 Å². The number of hydrogen-bond donors (Lipinski definition) is 0. The molecule has 13 heavy (non-hydrogen) atoms.